The van der Waals surface area contributed by atoms with E-state index in [9.17, 15) is 0 Å². The third kappa shape index (κ3) is 7.31. The molecular weight excluding hydrogens is 755 g/mol. The van der Waals surface area contributed by atoms with E-state index in [1.807, 2.05) is 0 Å². The van der Waals surface area contributed by atoms with Crippen LogP contribution >= 0.6 is 24.8 Å². The standard InChI is InChI=1S/C23H25.C22H25.2CH3.2ClH.H2Si.Zr/c1-2-17-15-21-9-6-10-22(23(21)16-17)20-13-11-19(12-14-20)18-7-4-3-5-8-18;1-15(2)18-13-17-7-6-8-20(21(17)14-18)16-9-11-19(12-10-16)22(3,4)5;;;;;;/h6,9-16,18H,2-5,7-8H2,1H3;6-15H,1-5H3;2*1H3;2*1H;1H2;. The number of hydrogen-bond donors (Lipinski definition) is 0. The predicted octanol–water partition coefficient (Wildman–Crippen LogP) is 14.2. The van der Waals surface area contributed by atoms with Crippen molar-refractivity contribution < 1.29 is 17.4 Å². The molecule has 2 unspecified atom stereocenters. The van der Waals surface area contributed by atoms with Crippen LogP contribution in [0.2, 0.25) is 9.26 Å². The van der Waals surface area contributed by atoms with Gasteiger partial charge >= 0.3 is 302 Å². The molecule has 0 N–H and O–H groups in total. The topological polar surface area (TPSA) is 0 Å². The molecule has 1 saturated carbocycles. The summed E-state index contributed by atoms with van der Waals surface area (Å²) in [6, 6.07) is 33.6. The van der Waals surface area contributed by atoms with Gasteiger partial charge in [0.05, 0.1) is 0 Å². The quantitative estimate of drug-likeness (QED) is 0.163. The molecule has 4 aromatic carbocycles. The van der Waals surface area contributed by atoms with E-state index in [1.54, 1.807) is 27.8 Å². The summed E-state index contributed by atoms with van der Waals surface area (Å²) in [6.45, 7) is 16.7. The smallest absolute Gasteiger partial charge is 0.147 e. The van der Waals surface area contributed by atoms with Crippen LogP contribution in [0.15, 0.2) is 96.1 Å². The van der Waals surface area contributed by atoms with Gasteiger partial charge in [0.15, 0.2) is 0 Å². The van der Waals surface area contributed by atoms with Gasteiger partial charge in [0.1, 0.15) is 0 Å². The molecule has 0 nitrogen and oxygen atoms in total. The number of halogens is 2. The maximum Gasteiger partial charge on any atom is -0.147 e. The molecule has 0 heterocycles. The van der Waals surface area contributed by atoms with Gasteiger partial charge in [-0.1, -0.05) is 0 Å². The average Bonchev–Trinajstić information content (AvgIpc) is 3.69. The molecule has 0 aromatic heterocycles. The van der Waals surface area contributed by atoms with E-state index in [0.717, 1.165) is 12.3 Å². The summed E-state index contributed by atoms with van der Waals surface area (Å²) in [5.41, 5.74) is 18.1. The molecule has 51 heavy (non-hydrogen) atoms. The molecule has 0 radical (unpaired) electrons. The van der Waals surface area contributed by atoms with E-state index in [0.29, 0.717) is 13.2 Å². The van der Waals surface area contributed by atoms with Crippen molar-refractivity contribution in [2.24, 2.45) is 5.92 Å². The van der Waals surface area contributed by atoms with E-state index < -0.39 is 17.4 Å². The minimum Gasteiger partial charge on any atom is -0.147 e. The van der Waals surface area contributed by atoms with E-state index in [1.165, 1.54) is 71.0 Å². The van der Waals surface area contributed by atoms with Crippen LogP contribution in [-0.4, -0.2) is 6.88 Å². The second-order valence-corrected chi connectivity index (χ2v) is 48.5. The number of hydrogen-bond acceptors (Lipinski definition) is 0. The SMILES string of the molecule is CCC1=Cc2c(-c3ccc(C4CCCCC4)cc3)cccc2[CH]1[Zr]([CH3])([CH3])(=[SiH2])[CH]1C(C(C)C)=Cc2c(-c3ccc(C(C)(C)C)cc3)cccc21.Cl.Cl. The Bertz CT molecular complexity index is 2010. The largest absolute Gasteiger partial charge is 0.147 e. The van der Waals surface area contributed by atoms with Crippen molar-refractivity contribution in [1.29, 1.82) is 0 Å². The van der Waals surface area contributed by atoms with Crippen molar-refractivity contribution in [3.63, 3.8) is 0 Å². The van der Waals surface area contributed by atoms with Gasteiger partial charge < -0.3 is 0 Å². The Kier molecular flexibility index (Phi) is 11.9. The normalized spacial score (nSPS) is 19.1. The van der Waals surface area contributed by atoms with Gasteiger partial charge in [0.25, 0.3) is 0 Å². The van der Waals surface area contributed by atoms with Crippen LogP contribution in [0, 0.1) is 5.92 Å². The molecule has 0 aliphatic heterocycles. The van der Waals surface area contributed by atoms with E-state index >= 15 is 0 Å². The van der Waals surface area contributed by atoms with Gasteiger partial charge in [-0.25, -0.2) is 0 Å². The molecule has 4 aromatic rings. The van der Waals surface area contributed by atoms with E-state index in [-0.39, 0.29) is 30.2 Å². The number of fused-ring (bicyclic) bond motifs is 2. The van der Waals surface area contributed by atoms with Gasteiger partial charge in [-0.05, 0) is 0 Å². The number of allylic oxidation sites excluding steroid dienone is 2. The van der Waals surface area contributed by atoms with Crippen molar-refractivity contribution in [3.8, 4) is 22.3 Å². The van der Waals surface area contributed by atoms with Crippen LogP contribution in [0.1, 0.15) is 127 Å². The van der Waals surface area contributed by atoms with Gasteiger partial charge in [0.2, 0.25) is 0 Å². The first kappa shape index (κ1) is 40.2. The third-order valence-corrected chi connectivity index (χ3v) is 30.0. The first-order valence-corrected chi connectivity index (χ1v) is 32.9. The van der Waals surface area contributed by atoms with Crippen molar-refractivity contribution in [1.82, 2.24) is 0 Å². The monoisotopic (exact) mass is 812 g/mol. The van der Waals surface area contributed by atoms with Crippen LogP contribution in [0.5, 0.6) is 0 Å². The van der Waals surface area contributed by atoms with E-state index in [4.69, 9.17) is 0 Å². The second-order valence-electron chi connectivity index (χ2n) is 18.1. The molecule has 0 spiro atoms. The fourth-order valence-corrected chi connectivity index (χ4v) is 30.1. The molecule has 3 aliphatic carbocycles. The molecule has 1 fully saturated rings. The number of benzene rings is 4. The van der Waals surface area contributed by atoms with E-state index in [2.05, 4.69) is 155 Å². The van der Waals surface area contributed by atoms with Crippen LogP contribution in [0.3, 0.4) is 0 Å². The molecule has 3 aliphatic rings. The zero-order valence-corrected chi connectivity index (χ0v) is 37.8. The first-order chi connectivity index (χ1) is 23.3. The predicted molar refractivity (Wildman–Crippen MR) is 230 cm³/mol. The maximum atomic E-state index is 2.80. The number of rotatable bonds is 7. The van der Waals surface area contributed by atoms with Gasteiger partial charge in [-0.3, -0.25) is 0 Å². The molecule has 0 bridgehead atoms. The van der Waals surface area contributed by atoms with Crippen LogP contribution in [-0.2, 0) is 22.8 Å². The fraction of sp³-hybridized carbons (Fsp3) is 0.404. The third-order valence-electron chi connectivity index (χ3n) is 12.6. The molecule has 270 valence electrons. The summed E-state index contributed by atoms with van der Waals surface area (Å²) in [5.74, 6) is 1.26. The van der Waals surface area contributed by atoms with Crippen molar-refractivity contribution in [2.45, 2.75) is 108 Å². The fourth-order valence-electron chi connectivity index (χ4n) is 10.1. The minimum atomic E-state index is -3.70. The summed E-state index contributed by atoms with van der Waals surface area (Å²) in [5, 5.41) is 0. The maximum absolute atomic E-state index is 3.70. The van der Waals surface area contributed by atoms with Crippen molar-refractivity contribution in [2.75, 3.05) is 0 Å². The molecular formula is C47H60Cl2SiZr. The van der Waals surface area contributed by atoms with Crippen LogP contribution < -0.4 is 0 Å². The summed E-state index contributed by atoms with van der Waals surface area (Å²) >= 11 is -3.70. The summed E-state index contributed by atoms with van der Waals surface area (Å²) < 4.78 is 6.66. The average molecular weight is 815 g/mol. The minimum absolute atomic E-state index is 0. The Hall–Kier alpha value is -1.96. The van der Waals surface area contributed by atoms with Crippen molar-refractivity contribution >= 4 is 43.8 Å². The van der Waals surface area contributed by atoms with Gasteiger partial charge in [0, 0.05) is 0 Å². The molecule has 2 atom stereocenters. The molecule has 0 saturated heterocycles. The summed E-state index contributed by atoms with van der Waals surface area (Å²) in [6.07, 6.45) is 13.3. The molecule has 7 rings (SSSR count). The van der Waals surface area contributed by atoms with Crippen LogP contribution in [0.25, 0.3) is 34.4 Å². The summed E-state index contributed by atoms with van der Waals surface area (Å²) in [7, 11) is 0. The second kappa shape index (κ2) is 15.1. The zero-order chi connectivity index (χ0) is 34.7. The van der Waals surface area contributed by atoms with Gasteiger partial charge in [-0.2, -0.15) is 0 Å². The Balaban J connectivity index is 0.00000252. The molecule has 0 amide bonds. The zero-order valence-electron chi connectivity index (χ0n) is 32.3. The Morgan fingerprint density at radius 1 is 0.686 bits per heavy atom. The summed E-state index contributed by atoms with van der Waals surface area (Å²) in [4.78, 5) is 0. The Labute approximate surface area is 324 Å². The Morgan fingerprint density at radius 2 is 1.20 bits per heavy atom. The van der Waals surface area contributed by atoms with Crippen molar-refractivity contribution in [3.05, 3.63) is 129 Å². The van der Waals surface area contributed by atoms with Crippen LogP contribution in [0.4, 0.5) is 0 Å². The first-order valence-electron chi connectivity index (χ1n) is 19.2. The van der Waals surface area contributed by atoms with Gasteiger partial charge in [-0.15, -0.1) is 24.8 Å². The molecule has 4 heteroatoms. The Morgan fingerprint density at radius 3 is 1.71 bits per heavy atom.